The minimum atomic E-state index is -4.64. The molecule has 0 aliphatic carbocycles. The fourth-order valence-corrected chi connectivity index (χ4v) is 3.56. The molecule has 0 aliphatic heterocycles. The molecule has 1 heterocycles. The minimum absolute atomic E-state index is 0.0656. The van der Waals surface area contributed by atoms with Gasteiger partial charge in [-0.25, -0.2) is 4.57 Å². The third-order valence-corrected chi connectivity index (χ3v) is 5.27. The van der Waals surface area contributed by atoms with E-state index in [9.17, 15) is 33.2 Å². The molecule has 0 unspecified atom stereocenters. The topological polar surface area (TPSA) is 97.7 Å². The number of pyridine rings is 1. The smallest absolute Gasteiger partial charge is 0.416 e. The highest BCUT2D eigenvalue weighted by Gasteiger charge is 2.31. The SMILES string of the molecule is Cc1ccc(N=Cc2c(O)n(-c3cccc(C(F)(F)F)c3)c(=O)c3ccccc23)cc1[N+](=O)[O-]. The zero-order valence-electron chi connectivity index (χ0n) is 17.6. The van der Waals surface area contributed by atoms with Crippen LogP contribution in [-0.2, 0) is 6.18 Å². The van der Waals surface area contributed by atoms with Crippen LogP contribution in [0.25, 0.3) is 16.5 Å². The largest absolute Gasteiger partial charge is 0.494 e. The van der Waals surface area contributed by atoms with Crippen LogP contribution < -0.4 is 5.56 Å². The van der Waals surface area contributed by atoms with Crippen LogP contribution >= 0.6 is 0 Å². The molecule has 1 N–H and O–H groups in total. The normalized spacial score (nSPS) is 11.9. The maximum atomic E-state index is 13.2. The molecule has 4 aromatic rings. The van der Waals surface area contributed by atoms with Crippen LogP contribution in [0.15, 0.2) is 76.5 Å². The van der Waals surface area contributed by atoms with E-state index in [2.05, 4.69) is 4.99 Å². The number of nitro groups is 1. The Morgan fingerprint density at radius 2 is 1.74 bits per heavy atom. The predicted octanol–water partition coefficient (Wildman–Crippen LogP) is 5.68. The second kappa shape index (κ2) is 8.47. The summed E-state index contributed by atoms with van der Waals surface area (Å²) in [5.74, 6) is -0.617. The molecule has 0 fully saturated rings. The average Bonchev–Trinajstić information content (AvgIpc) is 2.79. The van der Waals surface area contributed by atoms with E-state index in [0.717, 1.165) is 22.8 Å². The molecule has 34 heavy (non-hydrogen) atoms. The number of aromatic hydroxyl groups is 1. The van der Waals surface area contributed by atoms with Crippen LogP contribution in [0, 0.1) is 17.0 Å². The van der Waals surface area contributed by atoms with Crippen LogP contribution in [0.4, 0.5) is 24.5 Å². The fraction of sp³-hybridized carbons (Fsp3) is 0.0833. The zero-order chi connectivity index (χ0) is 24.6. The van der Waals surface area contributed by atoms with E-state index in [1.807, 2.05) is 0 Å². The van der Waals surface area contributed by atoms with E-state index in [1.54, 1.807) is 31.2 Å². The lowest BCUT2D eigenvalue weighted by Gasteiger charge is -2.15. The van der Waals surface area contributed by atoms with Crippen molar-refractivity contribution in [1.82, 2.24) is 4.57 Å². The number of hydrogen-bond donors (Lipinski definition) is 1. The van der Waals surface area contributed by atoms with E-state index in [0.29, 0.717) is 10.9 Å². The van der Waals surface area contributed by atoms with Crippen molar-refractivity contribution in [3.05, 3.63) is 104 Å². The summed E-state index contributed by atoms with van der Waals surface area (Å²) in [6.45, 7) is 1.58. The summed E-state index contributed by atoms with van der Waals surface area (Å²) in [5.41, 5.74) is -1.28. The lowest BCUT2D eigenvalue weighted by Crippen LogP contribution is -2.20. The van der Waals surface area contributed by atoms with Crippen LogP contribution in [0.5, 0.6) is 5.88 Å². The van der Waals surface area contributed by atoms with Gasteiger partial charge >= 0.3 is 6.18 Å². The average molecular weight is 467 g/mol. The van der Waals surface area contributed by atoms with Crippen LogP contribution in [0.3, 0.4) is 0 Å². The number of nitrogens with zero attached hydrogens (tertiary/aromatic N) is 3. The van der Waals surface area contributed by atoms with Crippen molar-refractivity contribution in [3.8, 4) is 11.6 Å². The van der Waals surface area contributed by atoms with Crippen molar-refractivity contribution in [3.63, 3.8) is 0 Å². The summed E-state index contributed by atoms with van der Waals surface area (Å²) in [7, 11) is 0. The van der Waals surface area contributed by atoms with Gasteiger partial charge < -0.3 is 5.11 Å². The maximum absolute atomic E-state index is 13.2. The summed E-state index contributed by atoms with van der Waals surface area (Å²) < 4.78 is 40.4. The number of halogens is 3. The summed E-state index contributed by atoms with van der Waals surface area (Å²) in [5, 5.41) is 22.6. The van der Waals surface area contributed by atoms with Gasteiger partial charge in [-0.1, -0.05) is 30.3 Å². The van der Waals surface area contributed by atoms with Crippen molar-refractivity contribution < 1.29 is 23.2 Å². The first-order valence-corrected chi connectivity index (χ1v) is 9.91. The first kappa shape index (κ1) is 22.7. The van der Waals surface area contributed by atoms with Gasteiger partial charge in [0, 0.05) is 28.6 Å². The number of hydrogen-bond acceptors (Lipinski definition) is 5. The summed E-state index contributed by atoms with van der Waals surface area (Å²) in [4.78, 5) is 28.0. The van der Waals surface area contributed by atoms with Gasteiger partial charge in [-0.15, -0.1) is 0 Å². The van der Waals surface area contributed by atoms with E-state index in [1.165, 1.54) is 30.5 Å². The summed E-state index contributed by atoms with van der Waals surface area (Å²) >= 11 is 0. The third kappa shape index (κ3) is 4.13. The van der Waals surface area contributed by atoms with Crippen molar-refractivity contribution in [1.29, 1.82) is 0 Å². The predicted molar refractivity (Wildman–Crippen MR) is 121 cm³/mol. The first-order valence-electron chi connectivity index (χ1n) is 9.91. The van der Waals surface area contributed by atoms with Crippen LogP contribution in [-0.4, -0.2) is 20.8 Å². The van der Waals surface area contributed by atoms with Gasteiger partial charge in [-0.3, -0.25) is 19.9 Å². The molecule has 0 atom stereocenters. The summed E-state index contributed by atoms with van der Waals surface area (Å²) in [6, 6.07) is 14.6. The van der Waals surface area contributed by atoms with Gasteiger partial charge in [-0.05, 0) is 37.3 Å². The Morgan fingerprint density at radius 1 is 1.03 bits per heavy atom. The number of alkyl halides is 3. The lowest BCUT2D eigenvalue weighted by atomic mass is 10.1. The van der Waals surface area contributed by atoms with Crippen molar-refractivity contribution in [2.45, 2.75) is 13.1 Å². The molecular weight excluding hydrogens is 451 g/mol. The Balaban J connectivity index is 1.94. The first-order chi connectivity index (χ1) is 16.1. The summed E-state index contributed by atoms with van der Waals surface area (Å²) in [6.07, 6.45) is -3.42. The number of benzene rings is 3. The molecule has 0 amide bonds. The molecule has 10 heteroatoms. The van der Waals surface area contributed by atoms with E-state index in [-0.39, 0.29) is 28.0 Å². The van der Waals surface area contributed by atoms with Crippen LogP contribution in [0.1, 0.15) is 16.7 Å². The molecule has 0 radical (unpaired) electrons. The van der Waals surface area contributed by atoms with Gasteiger partial charge in [0.1, 0.15) is 0 Å². The lowest BCUT2D eigenvalue weighted by molar-refractivity contribution is -0.385. The number of aromatic nitrogens is 1. The molecule has 172 valence electrons. The Kier molecular flexibility index (Phi) is 5.66. The number of rotatable bonds is 4. The van der Waals surface area contributed by atoms with Gasteiger partial charge in [0.15, 0.2) is 0 Å². The van der Waals surface area contributed by atoms with E-state index in [4.69, 9.17) is 0 Å². The van der Waals surface area contributed by atoms with Gasteiger partial charge in [0.25, 0.3) is 11.2 Å². The number of aliphatic imine (C=N–C) groups is 1. The molecule has 0 saturated carbocycles. The number of fused-ring (bicyclic) bond motifs is 1. The van der Waals surface area contributed by atoms with Gasteiger partial charge in [0.2, 0.25) is 5.88 Å². The maximum Gasteiger partial charge on any atom is 0.416 e. The Hall–Kier alpha value is -4.47. The molecule has 0 aliphatic rings. The highest BCUT2D eigenvalue weighted by molar-refractivity contribution is 6.02. The van der Waals surface area contributed by atoms with Crippen molar-refractivity contribution in [2.75, 3.05) is 0 Å². The van der Waals surface area contributed by atoms with Crippen molar-refractivity contribution >= 4 is 28.4 Å². The Labute approximate surface area is 190 Å². The molecule has 7 nitrogen and oxygen atoms in total. The second-order valence-electron chi connectivity index (χ2n) is 7.46. The molecular formula is C24H16F3N3O4. The Morgan fingerprint density at radius 3 is 2.41 bits per heavy atom. The Bertz CT molecular complexity index is 1520. The molecule has 0 saturated heterocycles. The molecule has 3 aromatic carbocycles. The van der Waals surface area contributed by atoms with Gasteiger partial charge in [-0.2, -0.15) is 13.2 Å². The molecule has 0 bridgehead atoms. The second-order valence-corrected chi connectivity index (χ2v) is 7.46. The number of aryl methyl sites for hydroxylation is 1. The zero-order valence-corrected chi connectivity index (χ0v) is 17.6. The number of nitro benzene ring substituents is 1. The van der Waals surface area contributed by atoms with E-state index < -0.39 is 28.1 Å². The highest BCUT2D eigenvalue weighted by atomic mass is 19.4. The van der Waals surface area contributed by atoms with Crippen molar-refractivity contribution in [2.24, 2.45) is 4.99 Å². The molecule has 0 spiro atoms. The minimum Gasteiger partial charge on any atom is -0.494 e. The van der Waals surface area contributed by atoms with E-state index >= 15 is 0 Å². The monoisotopic (exact) mass is 467 g/mol. The van der Waals surface area contributed by atoms with Gasteiger partial charge in [0.05, 0.1) is 27.4 Å². The fourth-order valence-electron chi connectivity index (χ4n) is 3.56. The molecule has 4 rings (SSSR count). The third-order valence-electron chi connectivity index (χ3n) is 5.27. The highest BCUT2D eigenvalue weighted by Crippen LogP contribution is 2.32. The van der Waals surface area contributed by atoms with Crippen LogP contribution in [0.2, 0.25) is 0 Å². The molecule has 1 aromatic heterocycles. The standard InChI is InChI=1S/C24H16F3N3O4/c1-14-9-10-16(12-21(14)30(33)34)28-13-20-18-7-2-3-8-19(18)22(31)29(23(20)32)17-6-4-5-15(11-17)24(25,26)27/h2-13,32H,1H3. The quantitative estimate of drug-likeness (QED) is 0.237.